The molecule has 0 spiro atoms. The van der Waals surface area contributed by atoms with Crippen LogP contribution in [-0.4, -0.2) is 83.1 Å². The van der Waals surface area contributed by atoms with E-state index in [-0.39, 0.29) is 11.7 Å². The van der Waals surface area contributed by atoms with Gasteiger partial charge in [-0.25, -0.2) is 4.98 Å². The fourth-order valence-electron chi connectivity index (χ4n) is 4.68. The van der Waals surface area contributed by atoms with Crippen LogP contribution in [0.3, 0.4) is 0 Å². The van der Waals surface area contributed by atoms with Gasteiger partial charge >= 0.3 is 0 Å². The zero-order chi connectivity index (χ0) is 25.7. The molecule has 0 N–H and O–H groups in total. The normalized spacial score (nSPS) is 18.8. The molecule has 5 rings (SSSR count). The first-order chi connectivity index (χ1) is 17.1. The molecule has 2 aliphatic rings. The molecule has 3 aromatic rings. The summed E-state index contributed by atoms with van der Waals surface area (Å²) in [6.07, 6.45) is 3.22. The molecule has 0 saturated carbocycles. The van der Waals surface area contributed by atoms with Crippen LogP contribution in [0.5, 0.6) is 17.2 Å². The molecule has 36 heavy (non-hydrogen) atoms. The summed E-state index contributed by atoms with van der Waals surface area (Å²) in [6, 6.07) is 7.20. The van der Waals surface area contributed by atoms with Gasteiger partial charge in [0, 0.05) is 62.5 Å². The van der Waals surface area contributed by atoms with Crippen LogP contribution in [0.1, 0.15) is 24.0 Å². The summed E-state index contributed by atoms with van der Waals surface area (Å²) in [5.41, 5.74) is 2.21. The molecule has 0 unspecified atom stereocenters. The minimum atomic E-state index is -0.466. The van der Waals surface area contributed by atoms with Gasteiger partial charge in [-0.2, -0.15) is 4.52 Å². The van der Waals surface area contributed by atoms with Crippen LogP contribution in [-0.2, 0) is 11.3 Å². The van der Waals surface area contributed by atoms with Crippen molar-refractivity contribution in [2.24, 2.45) is 0 Å². The van der Waals surface area contributed by atoms with Crippen molar-refractivity contribution in [2.75, 3.05) is 25.1 Å². The Balaban J connectivity index is 1.32. The zero-order valence-corrected chi connectivity index (χ0v) is 21.8. The van der Waals surface area contributed by atoms with Crippen LogP contribution in [0, 0.1) is 6.92 Å². The molecule has 0 amide bonds. The monoisotopic (exact) mass is 486 g/mol. The van der Waals surface area contributed by atoms with Crippen molar-refractivity contribution in [3.05, 3.63) is 51.9 Å². The Morgan fingerprint density at radius 1 is 1.08 bits per heavy atom. The molecule has 1 saturated heterocycles. The number of hydrogen-bond donors (Lipinski definition) is 0. The summed E-state index contributed by atoms with van der Waals surface area (Å²) in [5, 5.41) is 3.77. The number of benzene rings is 1. The zero-order valence-electron chi connectivity index (χ0n) is 21.8. The number of piperidine rings is 1. The molecule has 9 nitrogen and oxygen atoms in total. The largest absolute Gasteiger partial charge is 0.499 e. The van der Waals surface area contributed by atoms with E-state index in [1.807, 2.05) is 56.5 Å². The van der Waals surface area contributed by atoms with Crippen molar-refractivity contribution in [3.8, 4) is 17.2 Å². The number of hydrogen-bond acceptors (Lipinski definition) is 8. The van der Waals surface area contributed by atoms with Gasteiger partial charge in [0.25, 0.3) is 5.56 Å². The van der Waals surface area contributed by atoms with Crippen LogP contribution >= 0.6 is 0 Å². The Kier molecular flexibility index (Phi) is 6.22. The molecule has 2 aliphatic heterocycles. The molecule has 184 valence electrons. The van der Waals surface area contributed by atoms with Crippen molar-refractivity contribution in [1.29, 1.82) is 0 Å². The van der Waals surface area contributed by atoms with Gasteiger partial charge in [0.15, 0.2) is 23.0 Å². The lowest BCUT2D eigenvalue weighted by Gasteiger charge is -2.47. The first-order valence-electron chi connectivity index (χ1n) is 12.4. The Morgan fingerprint density at radius 2 is 1.78 bits per heavy atom. The summed E-state index contributed by atoms with van der Waals surface area (Å²) in [4.78, 5) is 19.0. The van der Waals surface area contributed by atoms with Crippen molar-refractivity contribution in [1.82, 2.24) is 14.6 Å². The van der Waals surface area contributed by atoms with Gasteiger partial charge < -0.3 is 23.8 Å². The number of aromatic nitrogens is 3. The molecule has 1 aromatic carbocycles. The van der Waals surface area contributed by atoms with E-state index in [2.05, 4.69) is 15.0 Å². The van der Waals surface area contributed by atoms with E-state index in [1.54, 1.807) is 7.11 Å². The average molecular weight is 486 g/mol. The average Bonchev–Trinajstić information content (AvgIpc) is 2.82. The maximum Gasteiger partial charge on any atom is 0.274 e. The van der Waals surface area contributed by atoms with Crippen molar-refractivity contribution in [2.45, 2.75) is 43.3 Å². The predicted molar refractivity (Wildman–Crippen MR) is 148 cm³/mol. The topological polar surface area (TPSA) is 87.4 Å². The molecule has 2 aromatic heterocycles. The highest BCUT2D eigenvalue weighted by molar-refractivity contribution is 6.53. The predicted octanol–water partition coefficient (Wildman–Crippen LogP) is -1.80. The lowest BCUT2D eigenvalue weighted by atomic mass is 9.41. The van der Waals surface area contributed by atoms with Crippen LogP contribution in [0.2, 0.25) is 0 Å². The molecule has 0 aliphatic carbocycles. The van der Waals surface area contributed by atoms with E-state index in [9.17, 15) is 4.79 Å². The highest BCUT2D eigenvalue weighted by atomic mass is 16.6. The third-order valence-corrected chi connectivity index (χ3v) is 7.50. The number of fused-ring (bicyclic) bond motifs is 2. The van der Waals surface area contributed by atoms with Crippen molar-refractivity contribution in [3.63, 3.8) is 0 Å². The summed E-state index contributed by atoms with van der Waals surface area (Å²) in [6.45, 7) is 3.86. The van der Waals surface area contributed by atoms with E-state index in [0.717, 1.165) is 54.4 Å². The number of ether oxygens (including phenoxy) is 4. The van der Waals surface area contributed by atoms with E-state index < -0.39 is 10.8 Å². The summed E-state index contributed by atoms with van der Waals surface area (Å²) >= 11 is 0. The maximum atomic E-state index is 12.4. The molecular weight excluding hydrogens is 456 g/mol. The molecule has 1 fully saturated rings. The highest BCUT2D eigenvalue weighted by Gasteiger charge is 2.44. The van der Waals surface area contributed by atoms with Gasteiger partial charge in [0.1, 0.15) is 43.2 Å². The Bertz CT molecular complexity index is 1360. The third-order valence-electron chi connectivity index (χ3n) is 7.50. The maximum absolute atomic E-state index is 12.4. The SMILES string of the molecule is BC1(B)Oc2ccc(OC3CCN(c4nn5c(=O)ccnc5c(C)c4COC)CC3)cc2OC1(B)B. The molecule has 0 bridgehead atoms. The summed E-state index contributed by atoms with van der Waals surface area (Å²) in [5.74, 6) is 2.96. The smallest absolute Gasteiger partial charge is 0.274 e. The van der Waals surface area contributed by atoms with Gasteiger partial charge in [0.05, 0.1) is 17.4 Å². The first kappa shape index (κ1) is 24.6. The summed E-state index contributed by atoms with van der Waals surface area (Å²) < 4.78 is 25.6. The van der Waals surface area contributed by atoms with Gasteiger partial charge in [-0.05, 0) is 19.1 Å². The third kappa shape index (κ3) is 4.34. The Hall–Kier alpha value is -3.07. The van der Waals surface area contributed by atoms with Crippen LogP contribution in [0.25, 0.3) is 5.65 Å². The Morgan fingerprint density at radius 3 is 2.47 bits per heavy atom. The van der Waals surface area contributed by atoms with Crippen molar-refractivity contribution < 1.29 is 18.9 Å². The fourth-order valence-corrected chi connectivity index (χ4v) is 4.68. The Labute approximate surface area is 214 Å². The van der Waals surface area contributed by atoms with Gasteiger partial charge in [0.2, 0.25) is 0 Å². The second-order valence-electron chi connectivity index (χ2n) is 10.5. The van der Waals surface area contributed by atoms with Crippen molar-refractivity contribution >= 4 is 42.9 Å². The van der Waals surface area contributed by atoms with E-state index >= 15 is 0 Å². The molecule has 0 radical (unpaired) electrons. The number of anilines is 1. The molecule has 13 heteroatoms. The second-order valence-corrected chi connectivity index (χ2v) is 10.5. The summed E-state index contributed by atoms with van der Waals surface area (Å²) in [7, 11) is 9.79. The van der Waals surface area contributed by atoms with E-state index in [1.165, 1.54) is 16.8 Å². The van der Waals surface area contributed by atoms with Crippen LogP contribution in [0.4, 0.5) is 5.82 Å². The molecule has 4 heterocycles. The van der Waals surface area contributed by atoms with E-state index in [0.29, 0.717) is 18.0 Å². The number of aryl methyl sites for hydroxylation is 1. The highest BCUT2D eigenvalue weighted by Crippen LogP contribution is 2.41. The fraction of sp³-hybridized carbons (Fsp3) is 0.435. The lowest BCUT2D eigenvalue weighted by molar-refractivity contribution is 0.0609. The van der Waals surface area contributed by atoms with Gasteiger partial charge in [-0.1, -0.05) is 0 Å². The number of rotatable bonds is 5. The van der Waals surface area contributed by atoms with Gasteiger partial charge in [-0.15, -0.1) is 5.10 Å². The second kappa shape index (κ2) is 9.10. The number of nitrogens with zero attached hydrogens (tertiary/aromatic N) is 4. The standard InChI is InChI=1S/C23H30B4N4O5/c1-13-16(12-33-2)21(29-31-19(32)5-8-28-20(13)31)30-9-6-14(7-10-30)34-15-3-4-17-18(11-15)36-23(26,27)22(24,25)35-17/h3-5,8,11,14H,6-7,9-10,12,24-27H2,1-2H3. The van der Waals surface area contributed by atoms with E-state index in [4.69, 9.17) is 18.9 Å². The quantitative estimate of drug-likeness (QED) is 0.392. The van der Waals surface area contributed by atoms with Crippen LogP contribution in [0.15, 0.2) is 35.3 Å². The number of methoxy groups -OCH3 is 1. The minimum absolute atomic E-state index is 0.0603. The minimum Gasteiger partial charge on any atom is -0.499 e. The van der Waals surface area contributed by atoms with Crippen LogP contribution < -0.4 is 24.7 Å². The molecule has 0 atom stereocenters. The first-order valence-corrected chi connectivity index (χ1v) is 12.4. The molecular formula is C23H30B4N4O5. The van der Waals surface area contributed by atoms with Gasteiger partial charge in [-0.3, -0.25) is 4.79 Å². The lowest BCUT2D eigenvalue weighted by Crippen LogP contribution is -2.65.